The molecule has 27 heavy (non-hydrogen) atoms. The van der Waals surface area contributed by atoms with Gasteiger partial charge in [-0.3, -0.25) is 14.3 Å². The summed E-state index contributed by atoms with van der Waals surface area (Å²) < 4.78 is 3.58. The molecule has 1 aromatic carbocycles. The maximum Gasteiger partial charge on any atom is 0.259 e. The van der Waals surface area contributed by atoms with E-state index in [1.54, 1.807) is 20.7 Å². The average Bonchev–Trinajstić information content (AvgIpc) is 3.37. The van der Waals surface area contributed by atoms with E-state index in [2.05, 4.69) is 5.10 Å². The molecule has 3 heterocycles. The van der Waals surface area contributed by atoms with Crippen molar-refractivity contribution in [1.82, 2.24) is 24.1 Å². The monoisotopic (exact) mass is 363 g/mol. The molecule has 0 saturated carbocycles. The molecule has 4 rings (SSSR count). The van der Waals surface area contributed by atoms with Crippen LogP contribution in [0.1, 0.15) is 20.7 Å². The summed E-state index contributed by atoms with van der Waals surface area (Å²) in [6.45, 7) is 2.08. The third kappa shape index (κ3) is 3.23. The van der Waals surface area contributed by atoms with Gasteiger partial charge in [0.05, 0.1) is 6.20 Å². The Balaban J connectivity index is 1.46. The minimum atomic E-state index is -0.0568. The summed E-state index contributed by atoms with van der Waals surface area (Å²) in [5.41, 5.74) is 1.25. The normalized spacial score (nSPS) is 14.4. The first-order valence-electron chi connectivity index (χ1n) is 8.94. The lowest BCUT2D eigenvalue weighted by atomic mass is 10.1. The highest BCUT2D eigenvalue weighted by Crippen LogP contribution is 2.18. The predicted molar refractivity (Wildman–Crippen MR) is 101 cm³/mol. The van der Waals surface area contributed by atoms with E-state index in [-0.39, 0.29) is 11.8 Å². The fourth-order valence-electron chi connectivity index (χ4n) is 3.41. The molecule has 1 fully saturated rings. The molecular formula is C20H21N5O2. The second-order valence-corrected chi connectivity index (χ2v) is 6.55. The lowest BCUT2D eigenvalue weighted by molar-refractivity contribution is 0.0535. The highest BCUT2D eigenvalue weighted by atomic mass is 16.2. The number of amides is 2. The van der Waals surface area contributed by atoms with Gasteiger partial charge in [-0.05, 0) is 24.3 Å². The molecule has 1 saturated heterocycles. The molecule has 0 unspecified atom stereocenters. The van der Waals surface area contributed by atoms with Crippen LogP contribution in [0, 0.1) is 0 Å². The van der Waals surface area contributed by atoms with E-state index < -0.39 is 0 Å². The van der Waals surface area contributed by atoms with Crippen molar-refractivity contribution in [2.45, 2.75) is 0 Å². The van der Waals surface area contributed by atoms with Crippen molar-refractivity contribution < 1.29 is 9.59 Å². The number of carbonyl (C=O) groups is 2. The van der Waals surface area contributed by atoms with Crippen molar-refractivity contribution in [2.24, 2.45) is 7.05 Å². The molecule has 0 bridgehead atoms. The van der Waals surface area contributed by atoms with Gasteiger partial charge < -0.3 is 14.4 Å². The smallest absolute Gasteiger partial charge is 0.259 e. The summed E-state index contributed by atoms with van der Waals surface area (Å²) in [6, 6.07) is 13.1. The van der Waals surface area contributed by atoms with Crippen LogP contribution >= 0.6 is 0 Å². The molecular weight excluding hydrogens is 342 g/mol. The second kappa shape index (κ2) is 7.11. The van der Waals surface area contributed by atoms with Crippen LogP contribution < -0.4 is 0 Å². The first kappa shape index (κ1) is 17.1. The van der Waals surface area contributed by atoms with Gasteiger partial charge in [-0.15, -0.1) is 0 Å². The molecule has 7 heteroatoms. The largest absolute Gasteiger partial charge is 0.335 e. The van der Waals surface area contributed by atoms with Crippen molar-refractivity contribution in [3.8, 4) is 5.82 Å². The highest BCUT2D eigenvalue weighted by Gasteiger charge is 2.28. The number of aryl methyl sites for hydroxylation is 1. The Morgan fingerprint density at radius 2 is 1.44 bits per heavy atom. The van der Waals surface area contributed by atoms with Crippen molar-refractivity contribution in [2.75, 3.05) is 26.2 Å². The number of carbonyl (C=O) groups excluding carboxylic acids is 2. The van der Waals surface area contributed by atoms with Gasteiger partial charge in [0.2, 0.25) is 0 Å². The fourth-order valence-corrected chi connectivity index (χ4v) is 3.41. The van der Waals surface area contributed by atoms with Crippen LogP contribution in [0.5, 0.6) is 0 Å². The highest BCUT2D eigenvalue weighted by molar-refractivity contribution is 5.98. The minimum absolute atomic E-state index is 0.0112. The zero-order valence-electron chi connectivity index (χ0n) is 15.2. The Kier molecular flexibility index (Phi) is 4.50. The van der Waals surface area contributed by atoms with Crippen molar-refractivity contribution >= 4 is 11.8 Å². The Hall–Kier alpha value is -3.35. The summed E-state index contributed by atoms with van der Waals surface area (Å²) in [5.74, 6) is 0.698. The molecule has 2 amide bonds. The molecule has 1 aliphatic rings. The standard InChI is InChI=1S/C20H21N5O2/c1-22-18(23-9-5-6-10-23)17(15-21-22)20(27)25-13-11-24(12-14-25)19(26)16-7-3-2-4-8-16/h2-10,15H,11-14H2,1H3. The third-order valence-corrected chi connectivity index (χ3v) is 4.86. The van der Waals surface area contributed by atoms with Crippen LogP contribution in [0.15, 0.2) is 61.1 Å². The lowest BCUT2D eigenvalue weighted by Crippen LogP contribution is -2.50. The van der Waals surface area contributed by atoms with Gasteiger partial charge in [-0.25, -0.2) is 0 Å². The van der Waals surface area contributed by atoms with Gasteiger partial charge >= 0.3 is 0 Å². The predicted octanol–water partition coefficient (Wildman–Crippen LogP) is 1.81. The number of piperazine rings is 1. The van der Waals surface area contributed by atoms with Gasteiger partial charge in [0.25, 0.3) is 11.8 Å². The first-order valence-corrected chi connectivity index (χ1v) is 8.94. The van der Waals surface area contributed by atoms with E-state index in [9.17, 15) is 9.59 Å². The molecule has 1 aliphatic heterocycles. The third-order valence-electron chi connectivity index (χ3n) is 4.86. The van der Waals surface area contributed by atoms with Crippen molar-refractivity contribution in [1.29, 1.82) is 0 Å². The molecule has 0 spiro atoms. The summed E-state index contributed by atoms with van der Waals surface area (Å²) >= 11 is 0. The molecule has 0 atom stereocenters. The Morgan fingerprint density at radius 1 is 0.852 bits per heavy atom. The average molecular weight is 363 g/mol. The maximum absolute atomic E-state index is 13.0. The van der Waals surface area contributed by atoms with Crippen molar-refractivity contribution in [3.63, 3.8) is 0 Å². The number of benzene rings is 1. The minimum Gasteiger partial charge on any atom is -0.335 e. The van der Waals surface area contributed by atoms with Gasteiger partial charge in [0, 0.05) is 51.2 Å². The first-order chi connectivity index (χ1) is 13.1. The Labute approximate surface area is 157 Å². The Bertz CT molecular complexity index is 938. The van der Waals surface area contributed by atoms with E-state index >= 15 is 0 Å². The lowest BCUT2D eigenvalue weighted by Gasteiger charge is -2.34. The van der Waals surface area contributed by atoms with Crippen molar-refractivity contribution in [3.05, 3.63) is 72.2 Å². The Morgan fingerprint density at radius 3 is 2.07 bits per heavy atom. The number of rotatable bonds is 3. The van der Waals surface area contributed by atoms with Crippen LogP contribution in [-0.4, -0.2) is 62.1 Å². The van der Waals surface area contributed by atoms with Crippen LogP contribution in [-0.2, 0) is 7.05 Å². The molecule has 3 aromatic rings. The fraction of sp³-hybridized carbons (Fsp3) is 0.250. The topological polar surface area (TPSA) is 63.4 Å². The van der Waals surface area contributed by atoms with E-state index in [4.69, 9.17) is 0 Å². The van der Waals surface area contributed by atoms with Gasteiger partial charge in [0.15, 0.2) is 0 Å². The van der Waals surface area contributed by atoms with Crippen LogP contribution in [0.4, 0.5) is 0 Å². The quantitative estimate of drug-likeness (QED) is 0.713. The molecule has 0 N–H and O–H groups in total. The molecule has 7 nitrogen and oxygen atoms in total. The SMILES string of the molecule is Cn1ncc(C(=O)N2CCN(C(=O)c3ccccc3)CC2)c1-n1cccc1. The number of hydrogen-bond donors (Lipinski definition) is 0. The van der Waals surface area contributed by atoms with Crippen LogP contribution in [0.2, 0.25) is 0 Å². The van der Waals surface area contributed by atoms with E-state index in [0.29, 0.717) is 37.3 Å². The summed E-state index contributed by atoms with van der Waals surface area (Å²) in [7, 11) is 1.82. The number of aromatic nitrogens is 3. The van der Waals surface area contributed by atoms with Gasteiger partial charge in [-0.2, -0.15) is 5.10 Å². The zero-order chi connectivity index (χ0) is 18.8. The number of nitrogens with zero attached hydrogens (tertiary/aromatic N) is 5. The van der Waals surface area contributed by atoms with E-state index in [1.807, 2.05) is 66.5 Å². The van der Waals surface area contributed by atoms with Gasteiger partial charge in [-0.1, -0.05) is 18.2 Å². The summed E-state index contributed by atoms with van der Waals surface area (Å²) in [4.78, 5) is 29.2. The zero-order valence-corrected chi connectivity index (χ0v) is 15.2. The maximum atomic E-state index is 13.0. The second-order valence-electron chi connectivity index (χ2n) is 6.55. The summed E-state index contributed by atoms with van der Waals surface area (Å²) in [6.07, 6.45) is 5.40. The van der Waals surface area contributed by atoms with E-state index in [1.165, 1.54) is 0 Å². The van der Waals surface area contributed by atoms with Crippen LogP contribution in [0.25, 0.3) is 5.82 Å². The van der Waals surface area contributed by atoms with E-state index in [0.717, 1.165) is 5.82 Å². The molecule has 2 aromatic heterocycles. The molecule has 0 radical (unpaired) electrons. The van der Waals surface area contributed by atoms with Crippen LogP contribution in [0.3, 0.4) is 0 Å². The number of hydrogen-bond acceptors (Lipinski definition) is 3. The van der Waals surface area contributed by atoms with Gasteiger partial charge in [0.1, 0.15) is 11.4 Å². The molecule has 0 aliphatic carbocycles. The molecule has 138 valence electrons. The summed E-state index contributed by atoms with van der Waals surface area (Å²) in [5, 5.41) is 4.26.